The Kier molecular flexibility index (Phi) is 12.8. The standard InChI is InChI=1S/C30H45FN4O4/c1-3-5-6-7-8-9-10-11-12-13-14-15-26(38)34-28-27-24(33-29(31)35-28)17-16-22(20-32-27)18-23-19-25(37)30(4-2,21-36)39-23/h2,20,22-23,25,36-37H,3,5-19,21H2,1H3,(H,33,34,35,38)/t22?,23-,25-,30+/m0/s1. The molecule has 2 aliphatic rings. The Balaban J connectivity index is 1.44. The molecule has 216 valence electrons. The lowest BCUT2D eigenvalue weighted by atomic mass is 9.93. The van der Waals surface area contributed by atoms with Crippen molar-refractivity contribution in [1.82, 2.24) is 9.97 Å². The van der Waals surface area contributed by atoms with Crippen molar-refractivity contribution in [2.45, 2.75) is 127 Å². The number of nitrogens with zero attached hydrogens (tertiary/aromatic N) is 3. The third-order valence-electron chi connectivity index (χ3n) is 7.81. The molecule has 1 aromatic heterocycles. The van der Waals surface area contributed by atoms with Crippen molar-refractivity contribution in [2.75, 3.05) is 11.9 Å². The Bertz CT molecular complexity index is 998. The van der Waals surface area contributed by atoms with Crippen molar-refractivity contribution in [1.29, 1.82) is 0 Å². The van der Waals surface area contributed by atoms with E-state index in [4.69, 9.17) is 11.2 Å². The summed E-state index contributed by atoms with van der Waals surface area (Å²) in [7, 11) is 0. The minimum Gasteiger partial charge on any atom is -0.392 e. The number of ether oxygens (including phenoxy) is 1. The summed E-state index contributed by atoms with van der Waals surface area (Å²) in [5, 5.41) is 22.6. The summed E-state index contributed by atoms with van der Waals surface area (Å²) < 4.78 is 20.0. The van der Waals surface area contributed by atoms with Crippen LogP contribution in [0.3, 0.4) is 0 Å². The van der Waals surface area contributed by atoms with Gasteiger partial charge < -0.3 is 20.3 Å². The molecule has 1 fully saturated rings. The number of nitrogens with one attached hydrogen (secondary N) is 1. The molecule has 2 aliphatic heterocycles. The fraction of sp³-hybridized carbons (Fsp3) is 0.733. The SMILES string of the molecule is C#C[C@]1(CO)O[C@@H](CC2C=Nc3c(nc(F)nc3NC(=O)CCCCCCCCCCCCC)CC2)C[C@@H]1O. The average molecular weight is 545 g/mol. The maximum atomic E-state index is 14.2. The lowest BCUT2D eigenvalue weighted by Crippen LogP contribution is -2.41. The Morgan fingerprint density at radius 1 is 1.15 bits per heavy atom. The third kappa shape index (κ3) is 9.33. The first-order valence-corrected chi connectivity index (χ1v) is 14.8. The highest BCUT2D eigenvalue weighted by atomic mass is 19.1. The molecule has 1 amide bonds. The summed E-state index contributed by atoms with van der Waals surface area (Å²) in [6.45, 7) is 1.78. The van der Waals surface area contributed by atoms with E-state index in [9.17, 15) is 19.4 Å². The van der Waals surface area contributed by atoms with Crippen LogP contribution in [0.15, 0.2) is 4.99 Å². The van der Waals surface area contributed by atoms with Crippen molar-refractivity contribution < 1.29 is 24.1 Å². The number of aliphatic imine (C=N–C) groups is 1. The van der Waals surface area contributed by atoms with Gasteiger partial charge >= 0.3 is 6.08 Å². The summed E-state index contributed by atoms with van der Waals surface area (Å²) in [4.78, 5) is 24.8. The van der Waals surface area contributed by atoms with Crippen LogP contribution in [0.4, 0.5) is 15.9 Å². The molecule has 0 bridgehead atoms. The average Bonchev–Trinajstić information content (AvgIpc) is 3.09. The molecule has 1 aromatic rings. The largest absolute Gasteiger partial charge is 0.392 e. The molecule has 1 saturated heterocycles. The number of amides is 1. The molecule has 0 radical (unpaired) electrons. The van der Waals surface area contributed by atoms with E-state index in [-0.39, 0.29) is 23.7 Å². The van der Waals surface area contributed by atoms with Crippen molar-refractivity contribution in [3.8, 4) is 12.3 Å². The number of anilines is 1. The van der Waals surface area contributed by atoms with Gasteiger partial charge in [-0.2, -0.15) is 9.37 Å². The van der Waals surface area contributed by atoms with Crippen molar-refractivity contribution in [2.24, 2.45) is 10.9 Å². The zero-order valence-corrected chi connectivity index (χ0v) is 23.3. The van der Waals surface area contributed by atoms with Crippen LogP contribution in [-0.4, -0.2) is 56.7 Å². The number of aliphatic hydroxyl groups excluding tert-OH is 2. The van der Waals surface area contributed by atoms with E-state index in [1.54, 1.807) is 6.21 Å². The van der Waals surface area contributed by atoms with Gasteiger partial charge in [-0.1, -0.05) is 77.1 Å². The van der Waals surface area contributed by atoms with Crippen molar-refractivity contribution >= 4 is 23.6 Å². The molecule has 1 unspecified atom stereocenters. The summed E-state index contributed by atoms with van der Waals surface area (Å²) in [5.74, 6) is 2.24. The van der Waals surface area contributed by atoms with Crippen LogP contribution < -0.4 is 5.32 Å². The maximum Gasteiger partial charge on any atom is 0.310 e. The number of aromatic nitrogens is 2. The van der Waals surface area contributed by atoms with Crippen molar-refractivity contribution in [3.63, 3.8) is 0 Å². The minimum atomic E-state index is -1.38. The van der Waals surface area contributed by atoms with E-state index < -0.39 is 24.4 Å². The second-order valence-corrected chi connectivity index (χ2v) is 11.0. The molecule has 3 rings (SSSR count). The predicted molar refractivity (Wildman–Crippen MR) is 150 cm³/mol. The third-order valence-corrected chi connectivity index (χ3v) is 7.81. The first-order valence-electron chi connectivity index (χ1n) is 14.8. The van der Waals surface area contributed by atoms with Crippen LogP contribution in [0.5, 0.6) is 0 Å². The van der Waals surface area contributed by atoms with Gasteiger partial charge in [0.15, 0.2) is 11.4 Å². The molecule has 0 aliphatic carbocycles. The second kappa shape index (κ2) is 16.0. The van der Waals surface area contributed by atoms with Gasteiger partial charge in [-0.25, -0.2) is 4.98 Å². The normalized spacial score (nSPS) is 24.2. The predicted octanol–water partition coefficient (Wildman–Crippen LogP) is 5.42. The molecule has 0 spiro atoms. The number of aliphatic hydroxyl groups is 2. The molecule has 39 heavy (non-hydrogen) atoms. The molecule has 3 heterocycles. The van der Waals surface area contributed by atoms with Gasteiger partial charge in [-0.15, -0.1) is 6.42 Å². The summed E-state index contributed by atoms with van der Waals surface area (Å²) >= 11 is 0. The number of carbonyl (C=O) groups excluding carboxylic acids is 1. The summed E-state index contributed by atoms with van der Waals surface area (Å²) in [5.41, 5.74) is -0.547. The van der Waals surface area contributed by atoms with Gasteiger partial charge in [-0.3, -0.25) is 9.79 Å². The first kappa shape index (κ1) is 31.1. The lowest BCUT2D eigenvalue weighted by Gasteiger charge is -2.24. The van der Waals surface area contributed by atoms with Gasteiger partial charge in [0.05, 0.1) is 24.5 Å². The van der Waals surface area contributed by atoms with Gasteiger partial charge in [0, 0.05) is 19.1 Å². The number of rotatable bonds is 16. The highest BCUT2D eigenvalue weighted by Gasteiger charge is 2.47. The fourth-order valence-electron chi connectivity index (χ4n) is 5.43. The maximum absolute atomic E-state index is 14.2. The molecular formula is C30H45FN4O4. The number of unbranched alkanes of at least 4 members (excludes halogenated alkanes) is 10. The van der Waals surface area contributed by atoms with E-state index in [1.807, 2.05) is 0 Å². The number of hydrogen-bond acceptors (Lipinski definition) is 7. The van der Waals surface area contributed by atoms with Gasteiger partial charge in [-0.05, 0) is 31.6 Å². The van der Waals surface area contributed by atoms with Gasteiger partial charge in [0.1, 0.15) is 5.69 Å². The zero-order chi connectivity index (χ0) is 28.1. The van der Waals surface area contributed by atoms with Crippen LogP contribution in [0.25, 0.3) is 0 Å². The minimum absolute atomic E-state index is 0.0355. The van der Waals surface area contributed by atoms with E-state index in [1.165, 1.54) is 51.4 Å². The van der Waals surface area contributed by atoms with Crippen LogP contribution in [0, 0.1) is 24.3 Å². The van der Waals surface area contributed by atoms with E-state index in [2.05, 4.69) is 33.1 Å². The Hall–Kier alpha value is -2.41. The molecule has 0 saturated carbocycles. The number of hydrogen-bond donors (Lipinski definition) is 3. The number of fused-ring (bicyclic) bond motifs is 1. The number of terminal acetylenes is 1. The van der Waals surface area contributed by atoms with Crippen LogP contribution in [-0.2, 0) is 16.0 Å². The Labute approximate surface area is 232 Å². The number of aryl methyl sites for hydroxylation is 1. The lowest BCUT2D eigenvalue weighted by molar-refractivity contribution is -0.116. The molecule has 8 nitrogen and oxygen atoms in total. The zero-order valence-electron chi connectivity index (χ0n) is 23.3. The molecule has 4 atom stereocenters. The monoisotopic (exact) mass is 544 g/mol. The van der Waals surface area contributed by atoms with E-state index >= 15 is 0 Å². The van der Waals surface area contributed by atoms with Crippen LogP contribution >= 0.6 is 0 Å². The molecular weight excluding hydrogens is 499 g/mol. The highest BCUT2D eigenvalue weighted by molar-refractivity contribution is 5.93. The molecule has 9 heteroatoms. The highest BCUT2D eigenvalue weighted by Crippen LogP contribution is 2.36. The number of halogens is 1. The Morgan fingerprint density at radius 3 is 2.44 bits per heavy atom. The summed E-state index contributed by atoms with van der Waals surface area (Å²) in [6.07, 6.45) is 20.6. The fourth-order valence-corrected chi connectivity index (χ4v) is 5.43. The van der Waals surface area contributed by atoms with E-state index in [0.717, 1.165) is 19.3 Å². The first-order chi connectivity index (χ1) is 18.9. The molecule has 3 N–H and O–H groups in total. The van der Waals surface area contributed by atoms with Crippen LogP contribution in [0.1, 0.15) is 109 Å². The quantitative estimate of drug-likeness (QED) is 0.145. The van der Waals surface area contributed by atoms with Crippen LogP contribution in [0.2, 0.25) is 0 Å². The van der Waals surface area contributed by atoms with E-state index in [0.29, 0.717) is 43.5 Å². The van der Waals surface area contributed by atoms with Gasteiger partial charge in [0.2, 0.25) is 5.91 Å². The Morgan fingerprint density at radius 2 is 1.82 bits per heavy atom. The van der Waals surface area contributed by atoms with Gasteiger partial charge in [0.25, 0.3) is 0 Å². The topological polar surface area (TPSA) is 117 Å². The number of carbonyl (C=O) groups is 1. The molecule has 0 aromatic carbocycles. The summed E-state index contributed by atoms with van der Waals surface area (Å²) in [6, 6.07) is 0. The van der Waals surface area contributed by atoms with Crippen molar-refractivity contribution in [3.05, 3.63) is 11.8 Å². The second-order valence-electron chi connectivity index (χ2n) is 11.0. The smallest absolute Gasteiger partial charge is 0.310 e.